The minimum absolute atomic E-state index is 0.295. The number of carbonyl (C=O) groups excluding carboxylic acids is 1. The van der Waals surface area contributed by atoms with Crippen molar-refractivity contribution in [1.82, 2.24) is 20.4 Å². The minimum atomic E-state index is -0.319. The second-order valence-electron chi connectivity index (χ2n) is 5.26. The zero-order chi connectivity index (χ0) is 18.4. The van der Waals surface area contributed by atoms with Crippen molar-refractivity contribution < 1.29 is 4.79 Å². The van der Waals surface area contributed by atoms with Gasteiger partial charge in [0.15, 0.2) is 11.6 Å². The number of hydrogen-bond acceptors (Lipinski definition) is 7. The van der Waals surface area contributed by atoms with E-state index < -0.39 is 0 Å². The summed E-state index contributed by atoms with van der Waals surface area (Å²) < 4.78 is 0.689. The topological polar surface area (TPSA) is 118 Å². The highest BCUT2D eigenvalue weighted by atomic mass is 79.9. The molecule has 3 rings (SSSR count). The summed E-state index contributed by atoms with van der Waals surface area (Å²) in [4.78, 5) is 24.5. The Morgan fingerprint density at radius 1 is 1.12 bits per heavy atom. The summed E-state index contributed by atoms with van der Waals surface area (Å²) in [7, 11) is 0. The van der Waals surface area contributed by atoms with Crippen molar-refractivity contribution in [2.45, 2.75) is 6.54 Å². The maximum atomic E-state index is 12.2. The number of anilines is 3. The molecule has 0 aliphatic rings. The number of aromatic nitrogens is 3. The van der Waals surface area contributed by atoms with Gasteiger partial charge in [-0.2, -0.15) is 0 Å². The number of halogens is 1. The number of pyridine rings is 1. The van der Waals surface area contributed by atoms with E-state index in [1.807, 2.05) is 18.2 Å². The standard InChI is InChI=1S/C17H16BrN7O/c18-13-6-2-1-5-12(13)17(26)25-24-16-14(19)15(22-10-23-16)21-9-11-4-3-7-20-8-11/h1-8,10H,9,19H2,(H,25,26)(H2,21,22,23,24). The van der Waals surface area contributed by atoms with E-state index in [2.05, 4.69) is 47.1 Å². The first-order valence-corrected chi connectivity index (χ1v) is 8.48. The SMILES string of the molecule is Nc1c(NCc2cccnc2)ncnc1NNC(=O)c1ccccc1Br. The molecule has 0 atom stereocenters. The van der Waals surface area contributed by atoms with Gasteiger partial charge in [0.2, 0.25) is 0 Å². The second kappa shape index (κ2) is 8.26. The molecule has 0 spiro atoms. The van der Waals surface area contributed by atoms with Crippen molar-refractivity contribution in [1.29, 1.82) is 0 Å². The van der Waals surface area contributed by atoms with Crippen LogP contribution in [-0.4, -0.2) is 20.9 Å². The second-order valence-corrected chi connectivity index (χ2v) is 6.11. The predicted octanol–water partition coefficient (Wildman–Crippen LogP) is 2.59. The van der Waals surface area contributed by atoms with Gasteiger partial charge in [-0.15, -0.1) is 0 Å². The minimum Gasteiger partial charge on any atom is -0.393 e. The van der Waals surface area contributed by atoms with E-state index in [1.54, 1.807) is 30.6 Å². The van der Waals surface area contributed by atoms with Crippen LogP contribution in [0.2, 0.25) is 0 Å². The third-order valence-electron chi connectivity index (χ3n) is 3.48. The Morgan fingerprint density at radius 2 is 1.92 bits per heavy atom. The number of benzene rings is 1. The van der Waals surface area contributed by atoms with E-state index in [0.29, 0.717) is 33.9 Å². The number of nitrogens with one attached hydrogen (secondary N) is 3. The molecule has 26 heavy (non-hydrogen) atoms. The molecule has 0 fully saturated rings. The molecule has 2 heterocycles. The number of nitrogen functional groups attached to an aromatic ring is 1. The Balaban J connectivity index is 1.65. The lowest BCUT2D eigenvalue weighted by Gasteiger charge is -2.13. The molecular weight excluding hydrogens is 398 g/mol. The van der Waals surface area contributed by atoms with E-state index in [9.17, 15) is 4.79 Å². The molecule has 8 nitrogen and oxygen atoms in total. The van der Waals surface area contributed by atoms with Crippen molar-refractivity contribution in [2.24, 2.45) is 0 Å². The molecule has 2 aromatic heterocycles. The van der Waals surface area contributed by atoms with Crippen molar-refractivity contribution in [3.63, 3.8) is 0 Å². The fourth-order valence-electron chi connectivity index (χ4n) is 2.15. The summed E-state index contributed by atoms with van der Waals surface area (Å²) in [6.45, 7) is 0.512. The van der Waals surface area contributed by atoms with E-state index >= 15 is 0 Å². The first kappa shape index (κ1) is 17.6. The van der Waals surface area contributed by atoms with Crippen LogP contribution in [0.5, 0.6) is 0 Å². The molecular formula is C17H16BrN7O. The van der Waals surface area contributed by atoms with E-state index in [1.165, 1.54) is 6.33 Å². The Morgan fingerprint density at radius 3 is 2.69 bits per heavy atom. The molecule has 5 N–H and O–H groups in total. The lowest BCUT2D eigenvalue weighted by Crippen LogP contribution is -2.30. The summed E-state index contributed by atoms with van der Waals surface area (Å²) >= 11 is 3.34. The van der Waals surface area contributed by atoms with Crippen LogP contribution in [-0.2, 0) is 6.54 Å². The number of hydrazine groups is 1. The summed E-state index contributed by atoms with van der Waals surface area (Å²) in [6.07, 6.45) is 4.81. The fourth-order valence-corrected chi connectivity index (χ4v) is 2.62. The zero-order valence-corrected chi connectivity index (χ0v) is 15.2. The summed E-state index contributed by atoms with van der Waals surface area (Å²) in [5.74, 6) is 0.441. The molecule has 0 radical (unpaired) electrons. The molecule has 1 amide bonds. The maximum absolute atomic E-state index is 12.2. The number of carbonyl (C=O) groups is 1. The van der Waals surface area contributed by atoms with Gasteiger partial charge < -0.3 is 11.1 Å². The van der Waals surface area contributed by atoms with Crippen LogP contribution >= 0.6 is 15.9 Å². The third kappa shape index (κ3) is 4.25. The highest BCUT2D eigenvalue weighted by Gasteiger charge is 2.12. The van der Waals surface area contributed by atoms with Gasteiger partial charge in [0, 0.05) is 23.4 Å². The van der Waals surface area contributed by atoms with Gasteiger partial charge in [0.25, 0.3) is 5.91 Å². The Bertz CT molecular complexity index is 905. The van der Waals surface area contributed by atoms with Gasteiger partial charge >= 0.3 is 0 Å². The quantitative estimate of drug-likeness (QED) is 0.458. The monoisotopic (exact) mass is 413 g/mol. The average molecular weight is 414 g/mol. The Kier molecular flexibility index (Phi) is 5.59. The van der Waals surface area contributed by atoms with Crippen LogP contribution in [0.25, 0.3) is 0 Å². The first-order valence-electron chi connectivity index (χ1n) is 7.69. The number of nitrogens with zero attached hydrogens (tertiary/aromatic N) is 3. The van der Waals surface area contributed by atoms with Gasteiger partial charge in [-0.05, 0) is 39.7 Å². The lowest BCUT2D eigenvalue weighted by atomic mass is 10.2. The number of amides is 1. The van der Waals surface area contributed by atoms with Crippen LogP contribution in [0, 0.1) is 0 Å². The predicted molar refractivity (Wildman–Crippen MR) is 103 cm³/mol. The molecule has 9 heteroatoms. The number of hydrogen-bond donors (Lipinski definition) is 4. The molecule has 1 aromatic carbocycles. The Hall–Kier alpha value is -3.20. The number of nitrogens with two attached hydrogens (primary N) is 1. The highest BCUT2D eigenvalue weighted by molar-refractivity contribution is 9.10. The molecule has 0 aliphatic heterocycles. The average Bonchev–Trinajstić information content (AvgIpc) is 2.67. The smallest absolute Gasteiger partial charge is 0.270 e. The molecule has 132 valence electrons. The van der Waals surface area contributed by atoms with Crippen LogP contribution in [0.15, 0.2) is 59.6 Å². The largest absolute Gasteiger partial charge is 0.393 e. The van der Waals surface area contributed by atoms with Crippen LogP contribution in [0.3, 0.4) is 0 Å². The Labute approximate surface area is 158 Å². The van der Waals surface area contributed by atoms with E-state index in [4.69, 9.17) is 5.73 Å². The third-order valence-corrected chi connectivity index (χ3v) is 4.17. The molecule has 0 saturated carbocycles. The normalized spacial score (nSPS) is 10.2. The molecule has 3 aromatic rings. The van der Waals surface area contributed by atoms with Crippen molar-refractivity contribution >= 4 is 39.2 Å². The zero-order valence-electron chi connectivity index (χ0n) is 13.6. The van der Waals surface area contributed by atoms with Crippen molar-refractivity contribution in [3.8, 4) is 0 Å². The van der Waals surface area contributed by atoms with Gasteiger partial charge in [-0.25, -0.2) is 9.97 Å². The fraction of sp³-hybridized carbons (Fsp3) is 0.0588. The van der Waals surface area contributed by atoms with Crippen LogP contribution < -0.4 is 21.9 Å². The van der Waals surface area contributed by atoms with Crippen LogP contribution in [0.1, 0.15) is 15.9 Å². The lowest BCUT2D eigenvalue weighted by molar-refractivity contribution is 0.0962. The van der Waals surface area contributed by atoms with E-state index in [-0.39, 0.29) is 5.91 Å². The van der Waals surface area contributed by atoms with Gasteiger partial charge in [0.1, 0.15) is 12.0 Å². The molecule has 0 bridgehead atoms. The highest BCUT2D eigenvalue weighted by Crippen LogP contribution is 2.22. The molecule has 0 unspecified atom stereocenters. The van der Waals surface area contributed by atoms with E-state index in [0.717, 1.165) is 5.56 Å². The van der Waals surface area contributed by atoms with Crippen molar-refractivity contribution in [3.05, 3.63) is 70.7 Å². The van der Waals surface area contributed by atoms with Gasteiger partial charge in [0.05, 0.1) is 5.56 Å². The van der Waals surface area contributed by atoms with Crippen LogP contribution in [0.4, 0.5) is 17.3 Å². The van der Waals surface area contributed by atoms with Gasteiger partial charge in [-0.3, -0.25) is 20.6 Å². The molecule has 0 aliphatic carbocycles. The first-order chi connectivity index (χ1) is 12.6. The molecule has 0 saturated heterocycles. The van der Waals surface area contributed by atoms with Crippen molar-refractivity contribution in [2.75, 3.05) is 16.5 Å². The number of rotatable bonds is 6. The van der Waals surface area contributed by atoms with Gasteiger partial charge in [-0.1, -0.05) is 18.2 Å². The summed E-state index contributed by atoms with van der Waals surface area (Å²) in [6, 6.07) is 10.9. The summed E-state index contributed by atoms with van der Waals surface area (Å²) in [5, 5.41) is 3.12. The summed E-state index contributed by atoms with van der Waals surface area (Å²) in [5.41, 5.74) is 13.1. The maximum Gasteiger partial charge on any atom is 0.270 e.